The minimum absolute atomic E-state index is 0.00414. The molecule has 0 saturated heterocycles. The zero-order valence-electron chi connectivity index (χ0n) is 25.6. The Balaban J connectivity index is 1.92. The predicted molar refractivity (Wildman–Crippen MR) is 159 cm³/mol. The molecule has 10 heteroatoms. The number of nitrogens with one attached hydrogen (secondary N) is 1. The number of hydrogen-bond donors (Lipinski definition) is 6. The second-order valence-corrected chi connectivity index (χ2v) is 13.5. The first-order chi connectivity index (χ1) is 19.5. The van der Waals surface area contributed by atoms with Crippen molar-refractivity contribution in [2.24, 2.45) is 28.9 Å². The van der Waals surface area contributed by atoms with Crippen molar-refractivity contribution in [3.63, 3.8) is 0 Å². The van der Waals surface area contributed by atoms with E-state index in [1.165, 1.54) is 0 Å². The van der Waals surface area contributed by atoms with Crippen molar-refractivity contribution in [2.45, 2.75) is 78.2 Å². The third-order valence-electron chi connectivity index (χ3n) is 9.07. The van der Waals surface area contributed by atoms with E-state index in [1.807, 2.05) is 19.9 Å². The van der Waals surface area contributed by atoms with Crippen molar-refractivity contribution in [1.82, 2.24) is 10.2 Å². The number of nitrogens with two attached hydrogens (primary N) is 1. The number of allylic oxidation sites excluding steroid dienone is 2. The number of phenolic OH excluding ortho intramolecular Hbond substituents is 1. The summed E-state index contributed by atoms with van der Waals surface area (Å²) in [5, 5.41) is 49.4. The van der Waals surface area contributed by atoms with Gasteiger partial charge >= 0.3 is 0 Å². The summed E-state index contributed by atoms with van der Waals surface area (Å²) in [5.41, 5.74) is 5.78. The minimum Gasteiger partial charge on any atom is -0.507 e. The van der Waals surface area contributed by atoms with Crippen LogP contribution in [0.3, 0.4) is 0 Å². The van der Waals surface area contributed by atoms with Crippen LogP contribution in [0.4, 0.5) is 0 Å². The zero-order chi connectivity index (χ0) is 31.5. The topological polar surface area (TPSA) is 173 Å². The van der Waals surface area contributed by atoms with Gasteiger partial charge in [-0.3, -0.25) is 14.4 Å². The third kappa shape index (κ3) is 5.08. The molecule has 10 nitrogen and oxygen atoms in total. The number of carbonyl (C=O) groups excluding carboxylic acids is 3. The zero-order valence-corrected chi connectivity index (χ0v) is 25.6. The van der Waals surface area contributed by atoms with E-state index < -0.39 is 58.7 Å². The molecule has 0 bridgehead atoms. The number of primary amides is 1. The van der Waals surface area contributed by atoms with Crippen LogP contribution in [0.25, 0.3) is 11.3 Å². The molecule has 1 amide bonds. The lowest BCUT2D eigenvalue weighted by Crippen LogP contribution is -2.73. The molecule has 7 N–H and O–H groups in total. The fourth-order valence-electron chi connectivity index (χ4n) is 7.20. The summed E-state index contributed by atoms with van der Waals surface area (Å²) in [4.78, 5) is 41.5. The van der Waals surface area contributed by atoms with Crippen molar-refractivity contribution in [2.75, 3.05) is 20.6 Å². The summed E-state index contributed by atoms with van der Waals surface area (Å²) in [6.45, 7) is 11.2. The fraction of sp³-hybridized carbons (Fsp3) is 0.594. The summed E-state index contributed by atoms with van der Waals surface area (Å²) in [7, 11) is 3.27. The average molecular weight is 584 g/mol. The highest BCUT2D eigenvalue weighted by atomic mass is 16.3. The Kier molecular flexibility index (Phi) is 8.52. The number of benzene rings is 1. The lowest BCUT2D eigenvalue weighted by Gasteiger charge is -2.53. The Hall–Kier alpha value is -3.05. The monoisotopic (exact) mass is 583 g/mol. The van der Waals surface area contributed by atoms with Gasteiger partial charge in [0.25, 0.3) is 0 Å². The Morgan fingerprint density at radius 3 is 2.43 bits per heavy atom. The van der Waals surface area contributed by atoms with E-state index in [2.05, 4.69) is 32.2 Å². The predicted octanol–water partition coefficient (Wildman–Crippen LogP) is 2.08. The number of aliphatic hydroxyl groups is 3. The molecule has 230 valence electrons. The number of carbonyl (C=O) groups is 3. The van der Waals surface area contributed by atoms with E-state index in [1.54, 1.807) is 19.0 Å². The van der Waals surface area contributed by atoms with E-state index in [0.29, 0.717) is 24.2 Å². The highest BCUT2D eigenvalue weighted by Gasteiger charge is 2.67. The SMILES string of the molecule is CC/C=C(\C)c1cc(CNCC(C)(C)C)c(O)c2c1C[C@@H]1C[C@@H]3[C@@H](N(C)C)C(O)C(C(N)=O)C(=O)[C@]3(O)C(=O)C1=C2O. The molecule has 3 aliphatic rings. The molecule has 6 atom stereocenters. The number of nitrogens with zero attached hydrogens (tertiary/aromatic N) is 1. The van der Waals surface area contributed by atoms with Crippen LogP contribution in [0, 0.1) is 23.2 Å². The molecule has 1 aromatic rings. The molecule has 0 heterocycles. The summed E-state index contributed by atoms with van der Waals surface area (Å²) in [6.07, 6.45) is 1.67. The van der Waals surface area contributed by atoms with Crippen molar-refractivity contribution in [1.29, 1.82) is 0 Å². The lowest BCUT2D eigenvalue weighted by molar-refractivity contribution is -0.184. The van der Waals surface area contributed by atoms with Crippen molar-refractivity contribution < 1.29 is 34.8 Å². The van der Waals surface area contributed by atoms with Gasteiger partial charge in [-0.1, -0.05) is 33.8 Å². The lowest BCUT2D eigenvalue weighted by atomic mass is 9.54. The van der Waals surface area contributed by atoms with Gasteiger partial charge in [0.1, 0.15) is 17.4 Å². The standard InChI is InChI=1S/C32H45N3O7/c1-8-9-15(2)18-11-17(13-34-14-31(3,4)5)25(36)22-19(18)10-16-12-20-24(35(6)7)27(38)23(30(33)41)29(40)32(20,42)28(39)21(16)26(22)37/h9,11,16,20,23-24,27,34,36-38,42H,8,10,12-14H2,1-7H3,(H2,33,41)/b15-9+/t16-,20-,23?,24-,27?,32-/m1/s1. The summed E-state index contributed by atoms with van der Waals surface area (Å²) in [6, 6.07) is 0.989. The number of phenols is 1. The van der Waals surface area contributed by atoms with Crippen LogP contribution in [-0.2, 0) is 27.3 Å². The normalized spacial score (nSPS) is 29.9. The highest BCUT2D eigenvalue weighted by Crippen LogP contribution is 2.53. The number of likely N-dealkylation sites (N-methyl/N-ethyl adjacent to an activating group) is 1. The molecule has 0 radical (unpaired) electrons. The van der Waals surface area contributed by atoms with Gasteiger partial charge < -0.3 is 36.4 Å². The molecule has 0 aromatic heterocycles. The summed E-state index contributed by atoms with van der Waals surface area (Å²) >= 11 is 0. The smallest absolute Gasteiger partial charge is 0.230 e. The van der Waals surface area contributed by atoms with E-state index in [-0.39, 0.29) is 35.1 Å². The van der Waals surface area contributed by atoms with Gasteiger partial charge in [0, 0.05) is 36.2 Å². The number of ketones is 2. The van der Waals surface area contributed by atoms with Crippen LogP contribution >= 0.6 is 0 Å². The fourth-order valence-corrected chi connectivity index (χ4v) is 7.20. The number of Topliss-reactive ketones (excluding diaryl/α,β-unsaturated/α-hetero) is 2. The van der Waals surface area contributed by atoms with Crippen LogP contribution in [0.15, 0.2) is 17.7 Å². The maximum atomic E-state index is 14.1. The second-order valence-electron chi connectivity index (χ2n) is 13.5. The number of rotatable bonds is 7. The molecule has 1 aromatic carbocycles. The maximum Gasteiger partial charge on any atom is 0.230 e. The first-order valence-electron chi connectivity index (χ1n) is 14.6. The minimum atomic E-state index is -2.67. The molecular weight excluding hydrogens is 538 g/mol. The second kappa shape index (κ2) is 11.2. The third-order valence-corrected chi connectivity index (χ3v) is 9.07. The molecule has 2 unspecified atom stereocenters. The van der Waals surface area contributed by atoms with Crippen LogP contribution < -0.4 is 11.1 Å². The molecule has 2 fully saturated rings. The first kappa shape index (κ1) is 31.9. The summed E-state index contributed by atoms with van der Waals surface area (Å²) < 4.78 is 0. The van der Waals surface area contributed by atoms with Gasteiger partial charge in [0.05, 0.1) is 11.7 Å². The van der Waals surface area contributed by atoms with Gasteiger partial charge in [-0.25, -0.2) is 0 Å². The Morgan fingerprint density at radius 1 is 1.24 bits per heavy atom. The van der Waals surface area contributed by atoms with Crippen LogP contribution in [0.1, 0.15) is 69.7 Å². The Morgan fingerprint density at radius 2 is 1.88 bits per heavy atom. The number of aromatic hydroxyl groups is 1. The molecule has 3 aliphatic carbocycles. The average Bonchev–Trinajstić information content (AvgIpc) is 2.86. The molecule has 4 rings (SSSR count). The molecule has 42 heavy (non-hydrogen) atoms. The largest absolute Gasteiger partial charge is 0.507 e. The number of hydrogen-bond acceptors (Lipinski definition) is 9. The molecule has 0 spiro atoms. The van der Waals surface area contributed by atoms with E-state index in [9.17, 15) is 34.8 Å². The van der Waals surface area contributed by atoms with Crippen LogP contribution in [0.2, 0.25) is 0 Å². The molecule has 0 aliphatic heterocycles. The van der Waals surface area contributed by atoms with Gasteiger partial charge in [-0.15, -0.1) is 0 Å². The van der Waals surface area contributed by atoms with Crippen molar-refractivity contribution in [3.05, 3.63) is 40.0 Å². The quantitative estimate of drug-likeness (QED) is 0.263. The van der Waals surface area contributed by atoms with E-state index >= 15 is 0 Å². The van der Waals surface area contributed by atoms with E-state index in [0.717, 1.165) is 17.6 Å². The van der Waals surface area contributed by atoms with Gasteiger partial charge in [-0.2, -0.15) is 0 Å². The molecular formula is C32H45N3O7. The summed E-state index contributed by atoms with van der Waals surface area (Å²) in [5.74, 6) is -7.40. The number of fused-ring (bicyclic) bond motifs is 3. The van der Waals surface area contributed by atoms with Gasteiger partial charge in [-0.05, 0) is 74.4 Å². The number of amides is 1. The highest BCUT2D eigenvalue weighted by molar-refractivity contribution is 6.25. The van der Waals surface area contributed by atoms with Gasteiger partial charge in [0.15, 0.2) is 11.4 Å². The van der Waals surface area contributed by atoms with Crippen molar-refractivity contribution in [3.8, 4) is 5.75 Å². The Bertz CT molecular complexity index is 1370. The van der Waals surface area contributed by atoms with Crippen molar-refractivity contribution >= 4 is 28.8 Å². The first-order valence-corrected chi connectivity index (χ1v) is 14.6. The number of aliphatic hydroxyl groups excluding tert-OH is 2. The van der Waals surface area contributed by atoms with Crippen LogP contribution in [0.5, 0.6) is 5.75 Å². The maximum absolute atomic E-state index is 14.1. The van der Waals surface area contributed by atoms with Crippen LogP contribution in [-0.4, -0.2) is 81.2 Å². The van der Waals surface area contributed by atoms with E-state index in [4.69, 9.17) is 5.73 Å². The van der Waals surface area contributed by atoms with Gasteiger partial charge in [0.2, 0.25) is 11.7 Å². The Labute approximate surface area is 247 Å². The molecule has 2 saturated carbocycles.